The van der Waals surface area contributed by atoms with E-state index in [0.717, 1.165) is 26.2 Å². The van der Waals surface area contributed by atoms with Crippen molar-refractivity contribution in [2.75, 3.05) is 19.8 Å². The van der Waals surface area contributed by atoms with Crippen LogP contribution in [0.4, 0.5) is 0 Å². The summed E-state index contributed by atoms with van der Waals surface area (Å²) in [5.74, 6) is 0. The predicted octanol–water partition coefficient (Wildman–Crippen LogP) is 2.39. The monoisotopic (exact) mass is 228 g/mol. The Balaban J connectivity index is 2.41. The first-order valence-corrected chi connectivity index (χ1v) is 6.35. The number of ether oxygens (including phenoxy) is 1. The van der Waals surface area contributed by atoms with E-state index in [1.807, 2.05) is 13.1 Å². The molecule has 3 nitrogen and oxygen atoms in total. The van der Waals surface area contributed by atoms with Gasteiger partial charge < -0.3 is 10.1 Å². The zero-order valence-electron chi connectivity index (χ0n) is 9.75. The fourth-order valence-electron chi connectivity index (χ4n) is 1.35. The molecule has 0 radical (unpaired) electrons. The number of hydrogen-bond acceptors (Lipinski definition) is 4. The summed E-state index contributed by atoms with van der Waals surface area (Å²) in [5, 5.41) is 4.55. The third-order valence-corrected chi connectivity index (χ3v) is 3.41. The van der Waals surface area contributed by atoms with Crippen LogP contribution in [-0.2, 0) is 11.2 Å². The van der Waals surface area contributed by atoms with Gasteiger partial charge in [0.15, 0.2) is 0 Å². The lowest BCUT2D eigenvalue weighted by Crippen LogP contribution is -2.16. The lowest BCUT2D eigenvalue weighted by Gasteiger charge is -2.08. The van der Waals surface area contributed by atoms with Crippen LogP contribution in [-0.4, -0.2) is 24.7 Å². The van der Waals surface area contributed by atoms with Crippen molar-refractivity contribution in [3.63, 3.8) is 0 Å². The van der Waals surface area contributed by atoms with Crippen LogP contribution in [0.1, 0.15) is 36.7 Å². The second-order valence-corrected chi connectivity index (χ2v) is 4.53. The molecule has 1 aromatic rings. The fourth-order valence-corrected chi connectivity index (χ4v) is 2.28. The molecular weight excluding hydrogens is 208 g/mol. The normalized spacial score (nSPS) is 13.0. The number of rotatable bonds is 7. The van der Waals surface area contributed by atoms with Crippen LogP contribution in [0.5, 0.6) is 0 Å². The molecule has 4 heteroatoms. The molecule has 1 rings (SSSR count). The summed E-state index contributed by atoms with van der Waals surface area (Å²) in [6.07, 6.45) is 2.90. The Morgan fingerprint density at radius 1 is 1.53 bits per heavy atom. The summed E-state index contributed by atoms with van der Waals surface area (Å²) in [5.41, 5.74) is 0. The average Bonchev–Trinajstić information content (AvgIpc) is 2.67. The smallest absolute Gasteiger partial charge is 0.0951 e. The highest BCUT2D eigenvalue weighted by molar-refractivity contribution is 7.11. The minimum atomic E-state index is 0.411. The summed E-state index contributed by atoms with van der Waals surface area (Å²) >= 11 is 1.78. The maximum Gasteiger partial charge on any atom is 0.0951 e. The van der Waals surface area contributed by atoms with E-state index in [1.165, 1.54) is 9.88 Å². The van der Waals surface area contributed by atoms with Crippen molar-refractivity contribution in [3.8, 4) is 0 Å². The third-order valence-electron chi connectivity index (χ3n) is 2.17. The molecule has 0 saturated carbocycles. The van der Waals surface area contributed by atoms with Gasteiger partial charge in [0.25, 0.3) is 0 Å². The molecule has 1 N–H and O–H groups in total. The van der Waals surface area contributed by atoms with Gasteiger partial charge in [0.05, 0.1) is 11.6 Å². The second kappa shape index (κ2) is 6.93. The van der Waals surface area contributed by atoms with Gasteiger partial charge in [-0.1, -0.05) is 6.92 Å². The number of hydrogen-bond donors (Lipinski definition) is 1. The van der Waals surface area contributed by atoms with Gasteiger partial charge in [-0.05, 0) is 20.4 Å². The van der Waals surface area contributed by atoms with Crippen molar-refractivity contribution in [1.82, 2.24) is 10.3 Å². The second-order valence-electron chi connectivity index (χ2n) is 3.38. The lowest BCUT2D eigenvalue weighted by atomic mass is 10.3. The Hall–Kier alpha value is -0.450. The van der Waals surface area contributed by atoms with E-state index in [1.54, 1.807) is 11.3 Å². The van der Waals surface area contributed by atoms with E-state index in [0.29, 0.717) is 6.04 Å². The number of thiazole rings is 1. The molecule has 0 aliphatic carbocycles. The number of nitrogens with zero attached hydrogens (tertiary/aromatic N) is 1. The molecule has 1 unspecified atom stereocenters. The summed E-state index contributed by atoms with van der Waals surface area (Å²) in [6, 6.07) is 0.411. The van der Waals surface area contributed by atoms with Crippen molar-refractivity contribution in [2.45, 2.75) is 33.2 Å². The molecule has 1 heterocycles. The molecule has 0 bridgehead atoms. The van der Waals surface area contributed by atoms with Gasteiger partial charge in [0.2, 0.25) is 0 Å². The van der Waals surface area contributed by atoms with Crippen molar-refractivity contribution >= 4 is 11.3 Å². The topological polar surface area (TPSA) is 34.2 Å². The molecule has 1 atom stereocenters. The molecule has 0 fully saturated rings. The Morgan fingerprint density at radius 3 is 3.00 bits per heavy atom. The molecule has 0 amide bonds. The molecular formula is C11H20N2OS. The summed E-state index contributed by atoms with van der Waals surface area (Å²) in [7, 11) is 0. The average molecular weight is 228 g/mol. The van der Waals surface area contributed by atoms with E-state index in [4.69, 9.17) is 4.74 Å². The maximum absolute atomic E-state index is 5.31. The van der Waals surface area contributed by atoms with Crippen LogP contribution >= 0.6 is 11.3 Å². The first-order valence-electron chi connectivity index (χ1n) is 5.53. The van der Waals surface area contributed by atoms with E-state index < -0.39 is 0 Å². The van der Waals surface area contributed by atoms with Crippen LogP contribution in [0.25, 0.3) is 0 Å². The fraction of sp³-hybridized carbons (Fsp3) is 0.727. The van der Waals surface area contributed by atoms with Gasteiger partial charge in [0.1, 0.15) is 0 Å². The highest BCUT2D eigenvalue weighted by Gasteiger charge is 2.08. The summed E-state index contributed by atoms with van der Waals surface area (Å²) in [4.78, 5) is 5.70. The summed E-state index contributed by atoms with van der Waals surface area (Å²) in [6.45, 7) is 8.86. The molecule has 1 aromatic heterocycles. The van der Waals surface area contributed by atoms with E-state index in [-0.39, 0.29) is 0 Å². The van der Waals surface area contributed by atoms with Crippen LogP contribution in [0.15, 0.2) is 6.20 Å². The quantitative estimate of drug-likeness (QED) is 0.728. The van der Waals surface area contributed by atoms with E-state index in [9.17, 15) is 0 Å². The zero-order valence-corrected chi connectivity index (χ0v) is 10.6. The zero-order chi connectivity index (χ0) is 11.1. The van der Waals surface area contributed by atoms with Crippen molar-refractivity contribution in [3.05, 3.63) is 16.1 Å². The Bertz CT molecular complexity index is 275. The van der Waals surface area contributed by atoms with Crippen molar-refractivity contribution in [2.24, 2.45) is 0 Å². The maximum atomic E-state index is 5.31. The van der Waals surface area contributed by atoms with Gasteiger partial charge in [-0.3, -0.25) is 0 Å². The minimum absolute atomic E-state index is 0.411. The van der Waals surface area contributed by atoms with Crippen LogP contribution in [0.3, 0.4) is 0 Å². The Morgan fingerprint density at radius 2 is 2.33 bits per heavy atom. The van der Waals surface area contributed by atoms with E-state index >= 15 is 0 Å². The number of nitrogens with one attached hydrogen (secondary N) is 1. The van der Waals surface area contributed by atoms with Crippen molar-refractivity contribution < 1.29 is 4.74 Å². The van der Waals surface area contributed by atoms with E-state index in [2.05, 4.69) is 24.1 Å². The largest absolute Gasteiger partial charge is 0.381 e. The first kappa shape index (κ1) is 12.6. The predicted molar refractivity (Wildman–Crippen MR) is 64.4 cm³/mol. The standard InChI is InChI=1S/C11H20N2OS/c1-4-12-9(3)10-8-13-11(15-10)6-7-14-5-2/h8-9,12H,4-7H2,1-3H3. The van der Waals surface area contributed by atoms with Gasteiger partial charge in [-0.25, -0.2) is 4.98 Å². The Labute approximate surface area is 95.9 Å². The third kappa shape index (κ3) is 4.28. The molecule has 0 spiro atoms. The van der Waals surface area contributed by atoms with Crippen LogP contribution in [0, 0.1) is 0 Å². The van der Waals surface area contributed by atoms with Gasteiger partial charge in [-0.15, -0.1) is 11.3 Å². The van der Waals surface area contributed by atoms with Gasteiger partial charge >= 0.3 is 0 Å². The van der Waals surface area contributed by atoms with Crippen LogP contribution < -0.4 is 5.32 Å². The molecule has 15 heavy (non-hydrogen) atoms. The molecule has 0 aliphatic rings. The van der Waals surface area contributed by atoms with Crippen LogP contribution in [0.2, 0.25) is 0 Å². The highest BCUT2D eigenvalue weighted by Crippen LogP contribution is 2.20. The SMILES string of the molecule is CCNC(C)c1cnc(CCOCC)s1. The highest BCUT2D eigenvalue weighted by atomic mass is 32.1. The van der Waals surface area contributed by atoms with Crippen molar-refractivity contribution in [1.29, 1.82) is 0 Å². The molecule has 86 valence electrons. The van der Waals surface area contributed by atoms with Gasteiger partial charge in [0, 0.05) is 30.1 Å². The van der Waals surface area contributed by atoms with Gasteiger partial charge in [-0.2, -0.15) is 0 Å². The molecule has 0 aliphatic heterocycles. The minimum Gasteiger partial charge on any atom is -0.381 e. The lowest BCUT2D eigenvalue weighted by molar-refractivity contribution is 0.151. The Kier molecular flexibility index (Phi) is 5.83. The molecule has 0 aromatic carbocycles. The molecule has 0 saturated heterocycles. The summed E-state index contributed by atoms with van der Waals surface area (Å²) < 4.78 is 5.31. The number of aromatic nitrogens is 1. The first-order chi connectivity index (χ1) is 7.27.